The van der Waals surface area contributed by atoms with Crippen LogP contribution in [0.3, 0.4) is 0 Å². The van der Waals surface area contributed by atoms with Gasteiger partial charge in [0, 0.05) is 12.1 Å². The van der Waals surface area contributed by atoms with Gasteiger partial charge in [0.05, 0.1) is 6.54 Å². The molecule has 1 aromatic carbocycles. The second-order valence-corrected chi connectivity index (χ2v) is 4.16. The zero-order valence-corrected chi connectivity index (χ0v) is 11.1. The van der Waals surface area contributed by atoms with Crippen LogP contribution in [0, 0.1) is 6.92 Å². The van der Waals surface area contributed by atoms with E-state index in [0.717, 1.165) is 31.7 Å². The molecule has 94 valence electrons. The molecule has 0 saturated heterocycles. The summed E-state index contributed by atoms with van der Waals surface area (Å²) in [7, 11) is 0. The number of benzene rings is 1. The quantitative estimate of drug-likeness (QED) is 0.603. The first kappa shape index (κ1) is 13.7. The summed E-state index contributed by atoms with van der Waals surface area (Å²) in [6, 6.07) is 8.15. The SMILES string of the molecule is CCN(CC)CCN=C(N)c1ccc(C)cc1. The maximum atomic E-state index is 5.95. The van der Waals surface area contributed by atoms with Crippen molar-refractivity contribution in [1.29, 1.82) is 0 Å². The van der Waals surface area contributed by atoms with Gasteiger partial charge >= 0.3 is 0 Å². The average Bonchev–Trinajstić information content (AvgIpc) is 2.35. The van der Waals surface area contributed by atoms with Crippen LogP contribution in [0.25, 0.3) is 0 Å². The zero-order valence-electron chi connectivity index (χ0n) is 11.1. The van der Waals surface area contributed by atoms with Crippen molar-refractivity contribution in [2.75, 3.05) is 26.2 Å². The van der Waals surface area contributed by atoms with Crippen molar-refractivity contribution in [3.8, 4) is 0 Å². The van der Waals surface area contributed by atoms with Crippen LogP contribution in [-0.4, -0.2) is 36.9 Å². The average molecular weight is 233 g/mol. The van der Waals surface area contributed by atoms with E-state index >= 15 is 0 Å². The Morgan fingerprint density at radius 1 is 1.18 bits per heavy atom. The number of rotatable bonds is 6. The third-order valence-electron chi connectivity index (χ3n) is 2.94. The van der Waals surface area contributed by atoms with Crippen LogP contribution in [0.15, 0.2) is 29.3 Å². The molecule has 0 aliphatic rings. The van der Waals surface area contributed by atoms with Crippen molar-refractivity contribution in [2.45, 2.75) is 20.8 Å². The molecule has 0 heterocycles. The van der Waals surface area contributed by atoms with E-state index in [0.29, 0.717) is 5.84 Å². The fraction of sp³-hybridized carbons (Fsp3) is 0.500. The van der Waals surface area contributed by atoms with E-state index in [1.165, 1.54) is 5.56 Å². The Morgan fingerprint density at radius 3 is 2.29 bits per heavy atom. The molecular weight excluding hydrogens is 210 g/mol. The zero-order chi connectivity index (χ0) is 12.7. The molecule has 17 heavy (non-hydrogen) atoms. The van der Waals surface area contributed by atoms with E-state index in [-0.39, 0.29) is 0 Å². The van der Waals surface area contributed by atoms with Crippen molar-refractivity contribution >= 4 is 5.84 Å². The van der Waals surface area contributed by atoms with Crippen LogP contribution in [-0.2, 0) is 0 Å². The molecule has 0 aliphatic heterocycles. The van der Waals surface area contributed by atoms with Gasteiger partial charge in [-0.25, -0.2) is 0 Å². The first-order valence-electron chi connectivity index (χ1n) is 6.26. The Hall–Kier alpha value is -1.35. The number of nitrogens with zero attached hydrogens (tertiary/aromatic N) is 2. The molecule has 3 heteroatoms. The highest BCUT2D eigenvalue weighted by Crippen LogP contribution is 2.02. The molecule has 1 rings (SSSR count). The highest BCUT2D eigenvalue weighted by atomic mass is 15.1. The van der Waals surface area contributed by atoms with Crippen molar-refractivity contribution in [2.24, 2.45) is 10.7 Å². The van der Waals surface area contributed by atoms with Crippen molar-refractivity contribution in [3.05, 3.63) is 35.4 Å². The summed E-state index contributed by atoms with van der Waals surface area (Å²) in [5.74, 6) is 0.636. The lowest BCUT2D eigenvalue weighted by molar-refractivity contribution is 0.313. The lowest BCUT2D eigenvalue weighted by atomic mass is 10.1. The molecule has 0 spiro atoms. The molecule has 0 bridgehead atoms. The first-order chi connectivity index (χ1) is 8.17. The van der Waals surface area contributed by atoms with Gasteiger partial charge in [0.2, 0.25) is 0 Å². The van der Waals surface area contributed by atoms with Gasteiger partial charge in [0.15, 0.2) is 0 Å². The minimum atomic E-state index is 0.636. The van der Waals surface area contributed by atoms with E-state index in [1.807, 2.05) is 12.1 Å². The van der Waals surface area contributed by atoms with Gasteiger partial charge in [-0.15, -0.1) is 0 Å². The topological polar surface area (TPSA) is 41.6 Å². The number of hydrogen-bond donors (Lipinski definition) is 1. The third-order valence-corrected chi connectivity index (χ3v) is 2.94. The second-order valence-electron chi connectivity index (χ2n) is 4.16. The lowest BCUT2D eigenvalue weighted by Gasteiger charge is -2.16. The molecule has 0 aliphatic carbocycles. The Morgan fingerprint density at radius 2 is 1.76 bits per heavy atom. The summed E-state index contributed by atoms with van der Waals surface area (Å²) >= 11 is 0. The molecule has 2 N–H and O–H groups in total. The molecule has 0 atom stereocenters. The Kier molecular flexibility index (Phi) is 5.70. The predicted molar refractivity (Wildman–Crippen MR) is 74.6 cm³/mol. The molecule has 0 amide bonds. The third kappa shape index (κ3) is 4.57. The molecule has 0 aromatic heterocycles. The number of aryl methyl sites for hydroxylation is 1. The highest BCUT2D eigenvalue weighted by Gasteiger charge is 1.99. The minimum Gasteiger partial charge on any atom is -0.384 e. The lowest BCUT2D eigenvalue weighted by Crippen LogP contribution is -2.26. The fourth-order valence-electron chi connectivity index (χ4n) is 1.67. The predicted octanol–water partition coefficient (Wildman–Crippen LogP) is 2.04. The fourth-order valence-corrected chi connectivity index (χ4v) is 1.67. The molecule has 0 radical (unpaired) electrons. The van der Waals surface area contributed by atoms with Crippen LogP contribution in [0.5, 0.6) is 0 Å². The standard InChI is InChI=1S/C14H23N3/c1-4-17(5-2)11-10-16-14(15)13-8-6-12(3)7-9-13/h6-9H,4-5,10-11H2,1-3H3,(H2,15,16). The van der Waals surface area contributed by atoms with Gasteiger partial charge < -0.3 is 10.6 Å². The van der Waals surface area contributed by atoms with E-state index < -0.39 is 0 Å². The highest BCUT2D eigenvalue weighted by molar-refractivity contribution is 5.97. The summed E-state index contributed by atoms with van der Waals surface area (Å²) in [5.41, 5.74) is 8.20. The van der Waals surface area contributed by atoms with Crippen molar-refractivity contribution in [3.63, 3.8) is 0 Å². The minimum absolute atomic E-state index is 0.636. The largest absolute Gasteiger partial charge is 0.384 e. The maximum Gasteiger partial charge on any atom is 0.125 e. The van der Waals surface area contributed by atoms with Crippen LogP contribution in [0.2, 0.25) is 0 Å². The van der Waals surface area contributed by atoms with Crippen molar-refractivity contribution < 1.29 is 0 Å². The van der Waals surface area contributed by atoms with Gasteiger partial charge in [-0.1, -0.05) is 43.7 Å². The number of amidine groups is 1. The van der Waals surface area contributed by atoms with Gasteiger partial charge in [-0.05, 0) is 20.0 Å². The van der Waals surface area contributed by atoms with Gasteiger partial charge in [0.25, 0.3) is 0 Å². The molecule has 1 aromatic rings. The van der Waals surface area contributed by atoms with Gasteiger partial charge in [-0.2, -0.15) is 0 Å². The summed E-state index contributed by atoms with van der Waals surface area (Å²) in [5, 5.41) is 0. The number of likely N-dealkylation sites (N-methyl/N-ethyl adjacent to an activating group) is 1. The summed E-state index contributed by atoms with van der Waals surface area (Å²) in [6.07, 6.45) is 0. The summed E-state index contributed by atoms with van der Waals surface area (Å²) < 4.78 is 0. The molecule has 0 saturated carbocycles. The summed E-state index contributed by atoms with van der Waals surface area (Å²) in [4.78, 5) is 6.75. The van der Waals surface area contributed by atoms with E-state index in [4.69, 9.17) is 5.73 Å². The normalized spacial score (nSPS) is 12.1. The van der Waals surface area contributed by atoms with Crippen LogP contribution < -0.4 is 5.73 Å². The molecular formula is C14H23N3. The van der Waals surface area contributed by atoms with Crippen LogP contribution in [0.1, 0.15) is 25.0 Å². The summed E-state index contributed by atoms with van der Waals surface area (Å²) in [6.45, 7) is 10.3. The molecule has 0 unspecified atom stereocenters. The van der Waals surface area contributed by atoms with Gasteiger partial charge in [0.1, 0.15) is 5.84 Å². The number of hydrogen-bond acceptors (Lipinski definition) is 2. The van der Waals surface area contributed by atoms with E-state index in [2.05, 4.69) is 42.8 Å². The van der Waals surface area contributed by atoms with Gasteiger partial charge in [-0.3, -0.25) is 4.99 Å². The Bertz CT molecular complexity index is 350. The van der Waals surface area contributed by atoms with Crippen LogP contribution in [0.4, 0.5) is 0 Å². The first-order valence-corrected chi connectivity index (χ1v) is 6.26. The smallest absolute Gasteiger partial charge is 0.125 e. The monoisotopic (exact) mass is 233 g/mol. The Labute approximate surface area is 104 Å². The van der Waals surface area contributed by atoms with E-state index in [9.17, 15) is 0 Å². The van der Waals surface area contributed by atoms with E-state index in [1.54, 1.807) is 0 Å². The van der Waals surface area contributed by atoms with Crippen molar-refractivity contribution in [1.82, 2.24) is 4.90 Å². The maximum absolute atomic E-state index is 5.95. The second kappa shape index (κ2) is 7.07. The van der Waals surface area contributed by atoms with Crippen LogP contribution >= 0.6 is 0 Å². The molecule has 0 fully saturated rings. The Balaban J connectivity index is 2.52. The number of aliphatic imine (C=N–C) groups is 1. The molecule has 3 nitrogen and oxygen atoms in total. The number of nitrogens with two attached hydrogens (primary N) is 1.